The summed E-state index contributed by atoms with van der Waals surface area (Å²) in [6, 6.07) is 1.55. The fraction of sp³-hybridized carbons (Fsp3) is 0. The van der Waals surface area contributed by atoms with E-state index in [1.807, 2.05) is 0 Å². The normalized spacial score (nSPS) is 10.5. The van der Waals surface area contributed by atoms with Gasteiger partial charge in [0.2, 0.25) is 0 Å². The highest BCUT2D eigenvalue weighted by Gasteiger charge is 2.09. The van der Waals surface area contributed by atoms with Crippen LogP contribution in [0.25, 0.3) is 11.2 Å². The number of imidazole rings is 1. The molecule has 0 aliphatic heterocycles. The second kappa shape index (κ2) is 2.44. The Hall–Kier alpha value is -2.11. The summed E-state index contributed by atoms with van der Waals surface area (Å²) in [5.41, 5.74) is 6.46. The molecule has 0 aliphatic rings. The summed E-state index contributed by atoms with van der Waals surface area (Å²) in [5, 5.41) is 16.6. The Morgan fingerprint density at radius 2 is 2.31 bits per heavy atom. The molecule has 0 saturated carbocycles. The number of pyridine rings is 1. The molecule has 0 amide bonds. The van der Waals surface area contributed by atoms with Crippen LogP contribution in [-0.4, -0.2) is 25.7 Å². The van der Waals surface area contributed by atoms with Crippen molar-refractivity contribution in [3.05, 3.63) is 24.2 Å². The molecule has 4 N–H and O–H groups in total. The van der Waals surface area contributed by atoms with Gasteiger partial charge in [-0.3, -0.25) is 5.41 Å². The maximum Gasteiger partial charge on any atom is 0.181 e. The molecule has 0 saturated heterocycles. The Balaban J connectivity index is 2.88. The summed E-state index contributed by atoms with van der Waals surface area (Å²) in [6.45, 7) is 0. The maximum absolute atomic E-state index is 9.30. The first-order valence-corrected chi connectivity index (χ1v) is 3.56. The first-order chi connectivity index (χ1) is 6.20. The maximum atomic E-state index is 9.30. The SMILES string of the molecule is N=C(N)c1ccnc2ncn(O)c12. The second-order valence-corrected chi connectivity index (χ2v) is 2.53. The van der Waals surface area contributed by atoms with Gasteiger partial charge in [0.15, 0.2) is 5.65 Å². The van der Waals surface area contributed by atoms with Gasteiger partial charge in [0.05, 0.1) is 0 Å². The van der Waals surface area contributed by atoms with Gasteiger partial charge in [-0.25, -0.2) is 9.97 Å². The Labute approximate surface area is 73.1 Å². The minimum atomic E-state index is -0.122. The van der Waals surface area contributed by atoms with Gasteiger partial charge in [-0.2, -0.15) is 4.73 Å². The van der Waals surface area contributed by atoms with Gasteiger partial charge in [0.1, 0.15) is 17.7 Å². The van der Waals surface area contributed by atoms with Gasteiger partial charge >= 0.3 is 0 Å². The highest BCUT2D eigenvalue weighted by molar-refractivity contribution is 6.04. The molecule has 2 aromatic heterocycles. The van der Waals surface area contributed by atoms with E-state index in [4.69, 9.17) is 11.1 Å². The molecule has 0 unspecified atom stereocenters. The molecule has 0 aliphatic carbocycles. The summed E-state index contributed by atoms with van der Waals surface area (Å²) in [4.78, 5) is 7.71. The van der Waals surface area contributed by atoms with E-state index < -0.39 is 0 Å². The van der Waals surface area contributed by atoms with Gasteiger partial charge in [0.25, 0.3) is 0 Å². The molecule has 0 aromatic carbocycles. The molecular weight excluding hydrogens is 170 g/mol. The molecule has 0 radical (unpaired) electrons. The third kappa shape index (κ3) is 0.994. The van der Waals surface area contributed by atoms with Crippen LogP contribution in [0.4, 0.5) is 0 Å². The molecule has 2 heterocycles. The zero-order valence-corrected chi connectivity index (χ0v) is 6.60. The van der Waals surface area contributed by atoms with Crippen molar-refractivity contribution >= 4 is 17.0 Å². The van der Waals surface area contributed by atoms with E-state index in [0.717, 1.165) is 4.73 Å². The molecule has 6 heteroatoms. The van der Waals surface area contributed by atoms with E-state index in [9.17, 15) is 5.21 Å². The molecular formula is C7H7N5O. The topological polar surface area (TPSA) is 101 Å². The van der Waals surface area contributed by atoms with Crippen LogP contribution in [0.1, 0.15) is 5.56 Å². The second-order valence-electron chi connectivity index (χ2n) is 2.53. The lowest BCUT2D eigenvalue weighted by molar-refractivity contribution is 0.198. The van der Waals surface area contributed by atoms with Crippen molar-refractivity contribution in [1.29, 1.82) is 5.41 Å². The molecule has 6 nitrogen and oxygen atoms in total. The number of fused-ring (bicyclic) bond motifs is 1. The van der Waals surface area contributed by atoms with Crippen molar-refractivity contribution in [1.82, 2.24) is 14.7 Å². The number of hydrogen-bond donors (Lipinski definition) is 3. The number of rotatable bonds is 1. The van der Waals surface area contributed by atoms with Gasteiger partial charge in [-0.1, -0.05) is 0 Å². The van der Waals surface area contributed by atoms with Crippen LogP contribution in [-0.2, 0) is 0 Å². The van der Waals surface area contributed by atoms with Crippen LogP contribution >= 0.6 is 0 Å². The Bertz CT molecular complexity index is 475. The summed E-state index contributed by atoms with van der Waals surface area (Å²) in [6.07, 6.45) is 2.70. The number of hydrogen-bond acceptors (Lipinski definition) is 4. The average Bonchev–Trinajstić information content (AvgIpc) is 2.48. The van der Waals surface area contributed by atoms with Crippen molar-refractivity contribution in [3.63, 3.8) is 0 Å². The first kappa shape index (κ1) is 7.53. The predicted molar refractivity (Wildman–Crippen MR) is 45.7 cm³/mol. The van der Waals surface area contributed by atoms with Gasteiger partial charge in [-0.05, 0) is 6.07 Å². The Kier molecular flexibility index (Phi) is 1.42. The minimum absolute atomic E-state index is 0.122. The fourth-order valence-corrected chi connectivity index (χ4v) is 1.15. The molecule has 0 spiro atoms. The highest BCUT2D eigenvalue weighted by atomic mass is 16.5. The van der Waals surface area contributed by atoms with E-state index in [-0.39, 0.29) is 5.84 Å². The summed E-state index contributed by atoms with van der Waals surface area (Å²) in [5.74, 6) is -0.122. The van der Waals surface area contributed by atoms with Crippen LogP contribution in [0.15, 0.2) is 18.6 Å². The van der Waals surface area contributed by atoms with Crippen LogP contribution in [0.2, 0.25) is 0 Å². The standard InChI is InChI=1S/C7H7N5O/c8-6(9)4-1-2-10-7-5(4)12(13)3-11-7/h1-3,13H,(H3,8,9). The molecule has 66 valence electrons. The first-order valence-electron chi connectivity index (χ1n) is 3.56. The zero-order valence-electron chi connectivity index (χ0n) is 6.60. The minimum Gasteiger partial charge on any atom is -0.427 e. The summed E-state index contributed by atoms with van der Waals surface area (Å²) in [7, 11) is 0. The van der Waals surface area contributed by atoms with Crippen molar-refractivity contribution < 1.29 is 5.21 Å². The lowest BCUT2D eigenvalue weighted by Crippen LogP contribution is -2.12. The number of nitrogens with two attached hydrogens (primary N) is 1. The van der Waals surface area contributed by atoms with E-state index >= 15 is 0 Å². The Morgan fingerprint density at radius 1 is 1.54 bits per heavy atom. The van der Waals surface area contributed by atoms with E-state index in [1.54, 1.807) is 6.07 Å². The van der Waals surface area contributed by atoms with Crippen molar-refractivity contribution in [2.45, 2.75) is 0 Å². The lowest BCUT2D eigenvalue weighted by Gasteiger charge is -1.99. The number of nitrogens with zero attached hydrogens (tertiary/aromatic N) is 3. The quantitative estimate of drug-likeness (QED) is 0.323. The molecule has 0 atom stereocenters. The summed E-state index contributed by atoms with van der Waals surface area (Å²) < 4.78 is 0.805. The van der Waals surface area contributed by atoms with Gasteiger partial charge in [-0.15, -0.1) is 0 Å². The lowest BCUT2D eigenvalue weighted by atomic mass is 10.2. The van der Waals surface area contributed by atoms with Crippen LogP contribution in [0.5, 0.6) is 0 Å². The van der Waals surface area contributed by atoms with Crippen molar-refractivity contribution in [2.75, 3.05) is 0 Å². The van der Waals surface area contributed by atoms with E-state index in [0.29, 0.717) is 16.7 Å². The average molecular weight is 177 g/mol. The van der Waals surface area contributed by atoms with Gasteiger partial charge in [0, 0.05) is 11.8 Å². The largest absolute Gasteiger partial charge is 0.427 e. The molecule has 2 rings (SSSR count). The number of amidine groups is 1. The molecule has 0 fully saturated rings. The van der Waals surface area contributed by atoms with Crippen LogP contribution in [0, 0.1) is 5.41 Å². The van der Waals surface area contributed by atoms with E-state index in [2.05, 4.69) is 9.97 Å². The molecule has 0 bridgehead atoms. The summed E-state index contributed by atoms with van der Waals surface area (Å²) >= 11 is 0. The monoisotopic (exact) mass is 177 g/mol. The zero-order chi connectivity index (χ0) is 9.42. The fourth-order valence-electron chi connectivity index (χ4n) is 1.15. The molecule has 13 heavy (non-hydrogen) atoms. The number of aromatic nitrogens is 3. The number of nitrogens with one attached hydrogen (secondary N) is 1. The van der Waals surface area contributed by atoms with Crippen LogP contribution in [0.3, 0.4) is 0 Å². The van der Waals surface area contributed by atoms with E-state index in [1.165, 1.54) is 12.5 Å². The smallest absolute Gasteiger partial charge is 0.181 e. The Morgan fingerprint density at radius 3 is 3.00 bits per heavy atom. The molecule has 2 aromatic rings. The van der Waals surface area contributed by atoms with Gasteiger partial charge < -0.3 is 10.9 Å². The van der Waals surface area contributed by atoms with Crippen LogP contribution < -0.4 is 5.73 Å². The third-order valence-corrected chi connectivity index (χ3v) is 1.71. The highest BCUT2D eigenvalue weighted by Crippen LogP contribution is 2.13. The van der Waals surface area contributed by atoms with Crippen molar-refractivity contribution in [3.8, 4) is 0 Å². The number of nitrogen functional groups attached to an aromatic ring is 1. The van der Waals surface area contributed by atoms with Crippen molar-refractivity contribution in [2.24, 2.45) is 5.73 Å². The third-order valence-electron chi connectivity index (χ3n) is 1.71. The predicted octanol–water partition coefficient (Wildman–Crippen LogP) is -0.0473.